The lowest BCUT2D eigenvalue weighted by Gasteiger charge is -2.25. The SMILES string of the molecule is CCOC(=O)c1cc(CC)sc1NC(=O)c1cc([N+](=O)[O-])ccc1N1CCCCCC1. The maximum Gasteiger partial charge on any atom is 0.341 e. The number of nitrogens with one attached hydrogen (secondary N) is 1. The van der Waals surface area contributed by atoms with Gasteiger partial charge in [0, 0.05) is 30.1 Å². The van der Waals surface area contributed by atoms with Crippen molar-refractivity contribution in [2.75, 3.05) is 29.9 Å². The molecule has 1 aromatic carbocycles. The van der Waals surface area contributed by atoms with E-state index in [1.165, 1.54) is 23.5 Å². The molecule has 8 nitrogen and oxygen atoms in total. The van der Waals surface area contributed by atoms with E-state index in [-0.39, 0.29) is 17.9 Å². The number of nitro groups is 1. The minimum absolute atomic E-state index is 0.144. The van der Waals surface area contributed by atoms with Gasteiger partial charge < -0.3 is 15.0 Å². The van der Waals surface area contributed by atoms with Crippen molar-refractivity contribution >= 4 is 39.6 Å². The molecule has 1 aliphatic rings. The molecule has 0 unspecified atom stereocenters. The minimum Gasteiger partial charge on any atom is -0.462 e. The lowest BCUT2D eigenvalue weighted by molar-refractivity contribution is -0.384. The minimum atomic E-state index is -0.507. The Hall–Kier alpha value is -2.94. The molecule has 0 spiro atoms. The summed E-state index contributed by atoms with van der Waals surface area (Å²) in [5.74, 6) is -0.974. The highest BCUT2D eigenvalue weighted by molar-refractivity contribution is 7.16. The Labute approximate surface area is 185 Å². The van der Waals surface area contributed by atoms with Gasteiger partial charge in [0.25, 0.3) is 11.6 Å². The van der Waals surface area contributed by atoms with Crippen LogP contribution in [0.25, 0.3) is 0 Å². The van der Waals surface area contributed by atoms with Gasteiger partial charge in [-0.25, -0.2) is 4.79 Å². The van der Waals surface area contributed by atoms with Crippen LogP contribution in [-0.2, 0) is 11.2 Å². The van der Waals surface area contributed by atoms with Crippen LogP contribution in [0.2, 0.25) is 0 Å². The van der Waals surface area contributed by atoms with E-state index >= 15 is 0 Å². The van der Waals surface area contributed by atoms with Crippen molar-refractivity contribution in [1.29, 1.82) is 0 Å². The Kier molecular flexibility index (Phi) is 7.62. The molecule has 1 aromatic heterocycles. The number of ether oxygens (including phenoxy) is 1. The quantitative estimate of drug-likeness (QED) is 0.364. The molecule has 1 saturated heterocycles. The number of benzene rings is 1. The molecular weight excluding hydrogens is 418 g/mol. The smallest absolute Gasteiger partial charge is 0.341 e. The van der Waals surface area contributed by atoms with Gasteiger partial charge in [-0.3, -0.25) is 14.9 Å². The average Bonchev–Trinajstić information content (AvgIpc) is 2.97. The standard InChI is InChI=1S/C22H27N3O5S/c1-3-16-14-18(22(27)30-4-2)21(31-16)23-20(26)17-13-15(25(28)29)9-10-19(17)24-11-7-5-6-8-12-24/h9-10,13-14H,3-8,11-12H2,1-2H3,(H,23,26). The van der Waals surface area contributed by atoms with Crippen molar-refractivity contribution in [1.82, 2.24) is 0 Å². The molecule has 1 fully saturated rings. The molecule has 0 aliphatic carbocycles. The molecule has 2 heterocycles. The van der Waals surface area contributed by atoms with Crippen molar-refractivity contribution in [3.05, 3.63) is 50.4 Å². The first-order chi connectivity index (χ1) is 14.9. The highest BCUT2D eigenvalue weighted by Gasteiger charge is 2.24. The Bertz CT molecular complexity index is 964. The summed E-state index contributed by atoms with van der Waals surface area (Å²) in [5, 5.41) is 14.5. The van der Waals surface area contributed by atoms with Crippen LogP contribution in [0.3, 0.4) is 0 Å². The summed E-state index contributed by atoms with van der Waals surface area (Å²) >= 11 is 1.31. The van der Waals surface area contributed by atoms with Crippen LogP contribution in [0.5, 0.6) is 0 Å². The first-order valence-corrected chi connectivity index (χ1v) is 11.4. The van der Waals surface area contributed by atoms with Crippen LogP contribution in [0.1, 0.15) is 65.1 Å². The Balaban J connectivity index is 1.96. The molecule has 2 aromatic rings. The molecule has 1 aliphatic heterocycles. The Morgan fingerprint density at radius 3 is 2.45 bits per heavy atom. The summed E-state index contributed by atoms with van der Waals surface area (Å²) in [6.45, 7) is 5.51. The predicted molar refractivity (Wildman–Crippen MR) is 121 cm³/mol. The number of aryl methyl sites for hydroxylation is 1. The fourth-order valence-electron chi connectivity index (χ4n) is 3.65. The number of thiophene rings is 1. The first kappa shape index (κ1) is 22.7. The second kappa shape index (κ2) is 10.4. The van der Waals surface area contributed by atoms with E-state index < -0.39 is 16.8 Å². The molecule has 0 atom stereocenters. The largest absolute Gasteiger partial charge is 0.462 e. The lowest BCUT2D eigenvalue weighted by Crippen LogP contribution is -2.27. The van der Waals surface area contributed by atoms with Gasteiger partial charge in [0.15, 0.2) is 0 Å². The highest BCUT2D eigenvalue weighted by Crippen LogP contribution is 2.32. The molecule has 9 heteroatoms. The average molecular weight is 446 g/mol. The van der Waals surface area contributed by atoms with Gasteiger partial charge in [-0.05, 0) is 38.3 Å². The van der Waals surface area contributed by atoms with Crippen LogP contribution in [0.4, 0.5) is 16.4 Å². The van der Waals surface area contributed by atoms with Crippen molar-refractivity contribution in [3.8, 4) is 0 Å². The summed E-state index contributed by atoms with van der Waals surface area (Å²) in [6.07, 6.45) is 4.99. The zero-order valence-electron chi connectivity index (χ0n) is 17.8. The van der Waals surface area contributed by atoms with Crippen LogP contribution < -0.4 is 10.2 Å². The van der Waals surface area contributed by atoms with Crippen molar-refractivity contribution in [2.24, 2.45) is 0 Å². The van der Waals surface area contributed by atoms with E-state index in [4.69, 9.17) is 4.74 Å². The number of hydrogen-bond acceptors (Lipinski definition) is 7. The summed E-state index contributed by atoms with van der Waals surface area (Å²) in [7, 11) is 0. The second-order valence-electron chi connectivity index (χ2n) is 7.34. The van der Waals surface area contributed by atoms with Crippen LogP contribution >= 0.6 is 11.3 Å². The topological polar surface area (TPSA) is 102 Å². The van der Waals surface area contributed by atoms with Crippen LogP contribution in [-0.4, -0.2) is 36.5 Å². The number of carbonyl (C=O) groups is 2. The van der Waals surface area contributed by atoms with Crippen molar-refractivity contribution in [2.45, 2.75) is 46.0 Å². The maximum atomic E-state index is 13.3. The van der Waals surface area contributed by atoms with Crippen molar-refractivity contribution < 1.29 is 19.2 Å². The third kappa shape index (κ3) is 5.41. The van der Waals surface area contributed by atoms with Crippen LogP contribution in [0, 0.1) is 10.1 Å². The van der Waals surface area contributed by atoms with E-state index in [0.29, 0.717) is 22.7 Å². The molecule has 0 bridgehead atoms. The number of nitrogens with zero attached hydrogens (tertiary/aromatic N) is 2. The zero-order valence-corrected chi connectivity index (χ0v) is 18.6. The van der Waals surface area contributed by atoms with Gasteiger partial charge >= 0.3 is 5.97 Å². The van der Waals surface area contributed by atoms with Gasteiger partial charge in [0.05, 0.1) is 28.3 Å². The number of amides is 1. The summed E-state index contributed by atoms with van der Waals surface area (Å²) in [5.41, 5.74) is 1.07. The maximum absolute atomic E-state index is 13.3. The van der Waals surface area contributed by atoms with Gasteiger partial charge in [0.2, 0.25) is 0 Å². The van der Waals surface area contributed by atoms with E-state index in [2.05, 4.69) is 10.2 Å². The normalized spacial score (nSPS) is 14.1. The van der Waals surface area contributed by atoms with Gasteiger partial charge in [-0.1, -0.05) is 19.8 Å². The monoisotopic (exact) mass is 445 g/mol. The molecule has 166 valence electrons. The lowest BCUT2D eigenvalue weighted by atomic mass is 10.1. The summed E-state index contributed by atoms with van der Waals surface area (Å²) < 4.78 is 5.12. The Morgan fingerprint density at radius 2 is 1.84 bits per heavy atom. The second-order valence-corrected chi connectivity index (χ2v) is 8.48. The third-order valence-electron chi connectivity index (χ3n) is 5.24. The molecule has 0 saturated carbocycles. The van der Waals surface area contributed by atoms with E-state index in [0.717, 1.165) is 43.6 Å². The van der Waals surface area contributed by atoms with Gasteiger partial charge in [0.1, 0.15) is 5.00 Å². The fourth-order valence-corrected chi connectivity index (χ4v) is 4.63. The van der Waals surface area contributed by atoms with Gasteiger partial charge in [-0.15, -0.1) is 11.3 Å². The molecule has 31 heavy (non-hydrogen) atoms. The number of hydrogen-bond donors (Lipinski definition) is 1. The number of carbonyl (C=O) groups excluding carboxylic acids is 2. The summed E-state index contributed by atoms with van der Waals surface area (Å²) in [6, 6.07) is 6.12. The number of anilines is 2. The Morgan fingerprint density at radius 1 is 1.13 bits per heavy atom. The molecule has 1 amide bonds. The molecule has 0 radical (unpaired) electrons. The number of esters is 1. The first-order valence-electron chi connectivity index (χ1n) is 10.6. The van der Waals surface area contributed by atoms with E-state index in [9.17, 15) is 19.7 Å². The number of non-ortho nitro benzene ring substituents is 1. The predicted octanol–water partition coefficient (Wildman–Crippen LogP) is 5.03. The van der Waals surface area contributed by atoms with Crippen LogP contribution in [0.15, 0.2) is 24.3 Å². The van der Waals surface area contributed by atoms with E-state index in [1.54, 1.807) is 19.1 Å². The number of nitro benzene ring substituents is 1. The van der Waals surface area contributed by atoms with E-state index in [1.807, 2.05) is 6.92 Å². The summed E-state index contributed by atoms with van der Waals surface area (Å²) in [4.78, 5) is 39.5. The van der Waals surface area contributed by atoms with Gasteiger partial charge in [-0.2, -0.15) is 0 Å². The third-order valence-corrected chi connectivity index (χ3v) is 6.43. The number of rotatable bonds is 7. The highest BCUT2D eigenvalue weighted by atomic mass is 32.1. The zero-order chi connectivity index (χ0) is 22.4. The molecule has 1 N–H and O–H groups in total. The fraction of sp³-hybridized carbons (Fsp3) is 0.455. The molecular formula is C22H27N3O5S. The molecule has 3 rings (SSSR count). The van der Waals surface area contributed by atoms with Crippen molar-refractivity contribution in [3.63, 3.8) is 0 Å².